The molecule has 2 N–H and O–H groups in total. The Bertz CT molecular complexity index is 880. The van der Waals surface area contributed by atoms with Gasteiger partial charge in [-0.15, -0.1) is 0 Å². The lowest BCUT2D eigenvalue weighted by Gasteiger charge is -2.15. The minimum atomic E-state index is -1.13. The predicted octanol–water partition coefficient (Wildman–Crippen LogP) is 4.78. The second-order valence-corrected chi connectivity index (χ2v) is 8.22. The van der Waals surface area contributed by atoms with Crippen molar-refractivity contribution in [2.75, 3.05) is 0 Å². The van der Waals surface area contributed by atoms with Crippen molar-refractivity contribution in [1.82, 2.24) is 10.3 Å². The molecule has 1 aromatic heterocycles. The fourth-order valence-electron chi connectivity index (χ4n) is 2.45. The molecule has 0 saturated carbocycles. The normalized spacial score (nSPS) is 12.8. The smallest absolute Gasteiger partial charge is 0.330 e. The van der Waals surface area contributed by atoms with Gasteiger partial charge in [0.05, 0.1) is 0 Å². The molecule has 0 aliphatic carbocycles. The highest BCUT2D eigenvalue weighted by molar-refractivity contribution is 5.97. The van der Waals surface area contributed by atoms with E-state index in [-0.39, 0.29) is 16.9 Å². The van der Waals surface area contributed by atoms with E-state index in [1.807, 2.05) is 45.0 Å². The second-order valence-electron chi connectivity index (χ2n) is 8.22. The lowest BCUT2D eigenvalue weighted by atomic mass is 9.95. The third-order valence-electron chi connectivity index (χ3n) is 4.11. The molecule has 0 bridgehead atoms. The van der Waals surface area contributed by atoms with Crippen molar-refractivity contribution in [3.05, 3.63) is 65.9 Å². The van der Waals surface area contributed by atoms with Crippen molar-refractivity contribution in [2.45, 2.75) is 46.6 Å². The summed E-state index contributed by atoms with van der Waals surface area (Å²) in [5, 5.41) is 11.9. The van der Waals surface area contributed by atoms with Crippen LogP contribution in [0.3, 0.4) is 0 Å². The highest BCUT2D eigenvalue weighted by atomic mass is 16.5. The van der Waals surface area contributed by atoms with Gasteiger partial charge in [-0.2, -0.15) is 0 Å². The molecule has 0 fully saturated rings. The lowest BCUT2D eigenvalue weighted by Crippen LogP contribution is -2.39. The van der Waals surface area contributed by atoms with Crippen LogP contribution in [-0.4, -0.2) is 28.0 Å². The van der Waals surface area contributed by atoms with Gasteiger partial charge in [-0.3, -0.25) is 4.79 Å². The Balaban J connectivity index is 2.11. The van der Waals surface area contributed by atoms with Gasteiger partial charge in [0.2, 0.25) is 5.88 Å². The number of carbonyl (C=O) groups excluding carboxylic acids is 1. The van der Waals surface area contributed by atoms with Crippen molar-refractivity contribution >= 4 is 11.9 Å². The number of nitrogens with zero attached hydrogens (tertiary/aromatic N) is 1. The SMILES string of the molecule is CC(C)c1ccc(Oc2cc(C(=O)N[C@H](/C=C/C(C)(C)C)C(=O)O)ccn2)cc1. The van der Waals surface area contributed by atoms with Crippen LogP contribution in [0.1, 0.15) is 56.5 Å². The molecule has 0 spiro atoms. The third-order valence-corrected chi connectivity index (χ3v) is 4.11. The average Bonchev–Trinajstić information content (AvgIpc) is 2.64. The predicted molar refractivity (Wildman–Crippen MR) is 112 cm³/mol. The van der Waals surface area contributed by atoms with Gasteiger partial charge in [-0.05, 0) is 35.1 Å². The molecule has 1 aromatic carbocycles. The summed E-state index contributed by atoms with van der Waals surface area (Å²) in [6.07, 6.45) is 4.69. The summed E-state index contributed by atoms with van der Waals surface area (Å²) in [5.74, 6) is -0.361. The van der Waals surface area contributed by atoms with Crippen molar-refractivity contribution in [2.24, 2.45) is 5.41 Å². The molecule has 0 unspecified atom stereocenters. The molecule has 1 heterocycles. The number of hydrogen-bond acceptors (Lipinski definition) is 4. The van der Waals surface area contributed by atoms with Gasteiger partial charge < -0.3 is 15.2 Å². The number of rotatable bonds is 7. The summed E-state index contributed by atoms with van der Waals surface area (Å²) in [6, 6.07) is 9.53. The maximum absolute atomic E-state index is 12.5. The number of allylic oxidation sites excluding steroid dienone is 1. The summed E-state index contributed by atoms with van der Waals surface area (Å²) < 4.78 is 5.73. The Hall–Kier alpha value is -3.15. The minimum Gasteiger partial charge on any atom is -0.479 e. The largest absolute Gasteiger partial charge is 0.479 e. The summed E-state index contributed by atoms with van der Waals surface area (Å²) in [6.45, 7) is 10.1. The molecular formula is C23H28N2O4. The van der Waals surface area contributed by atoms with Crippen LogP contribution in [0.2, 0.25) is 0 Å². The Morgan fingerprint density at radius 3 is 2.34 bits per heavy atom. The van der Waals surface area contributed by atoms with E-state index in [9.17, 15) is 14.7 Å². The zero-order chi connectivity index (χ0) is 21.6. The molecule has 0 aliphatic rings. The van der Waals surface area contributed by atoms with Crippen LogP contribution in [0, 0.1) is 5.41 Å². The minimum absolute atomic E-state index is 0.193. The molecular weight excluding hydrogens is 368 g/mol. The number of carboxylic acid groups (broad SMARTS) is 1. The van der Waals surface area contributed by atoms with Crippen molar-refractivity contribution in [3.63, 3.8) is 0 Å². The Kier molecular flexibility index (Phi) is 7.15. The standard InChI is InChI=1S/C23H28N2O4/c1-15(2)16-6-8-18(9-7-16)29-20-14-17(11-13-24-20)21(26)25-19(22(27)28)10-12-23(3,4)5/h6-15,19H,1-5H3,(H,25,26)(H,27,28)/b12-10+/t19-/m1/s1. The van der Waals surface area contributed by atoms with Crippen LogP contribution < -0.4 is 10.1 Å². The number of carbonyl (C=O) groups is 2. The van der Waals surface area contributed by atoms with Gasteiger partial charge in [-0.25, -0.2) is 9.78 Å². The van der Waals surface area contributed by atoms with Gasteiger partial charge in [0, 0.05) is 17.8 Å². The first-order valence-corrected chi connectivity index (χ1v) is 9.52. The van der Waals surface area contributed by atoms with Crippen LogP contribution in [0.5, 0.6) is 11.6 Å². The molecule has 154 valence electrons. The van der Waals surface area contributed by atoms with E-state index in [0.717, 1.165) is 0 Å². The summed E-state index contributed by atoms with van der Waals surface area (Å²) in [7, 11) is 0. The van der Waals surface area contributed by atoms with E-state index in [1.54, 1.807) is 6.08 Å². The molecule has 1 atom stereocenters. The number of ether oxygens (including phenoxy) is 1. The summed E-state index contributed by atoms with van der Waals surface area (Å²) in [5.41, 5.74) is 1.27. The van der Waals surface area contributed by atoms with Crippen LogP contribution in [0.15, 0.2) is 54.7 Å². The maximum Gasteiger partial charge on any atom is 0.330 e. The van der Waals surface area contributed by atoms with Crippen LogP contribution in [-0.2, 0) is 4.79 Å². The number of hydrogen-bond donors (Lipinski definition) is 2. The number of benzene rings is 1. The van der Waals surface area contributed by atoms with E-state index < -0.39 is 17.9 Å². The van der Waals surface area contributed by atoms with E-state index in [2.05, 4.69) is 24.1 Å². The zero-order valence-electron chi connectivity index (χ0n) is 17.5. The molecule has 2 rings (SSSR count). The Morgan fingerprint density at radius 2 is 1.79 bits per heavy atom. The molecule has 6 heteroatoms. The maximum atomic E-state index is 12.5. The van der Waals surface area contributed by atoms with Gasteiger partial charge in [0.1, 0.15) is 11.8 Å². The molecule has 2 aromatic rings. The fraction of sp³-hybridized carbons (Fsp3) is 0.348. The van der Waals surface area contributed by atoms with Gasteiger partial charge in [0.25, 0.3) is 5.91 Å². The quantitative estimate of drug-likeness (QED) is 0.657. The molecule has 0 saturated heterocycles. The number of carboxylic acids is 1. The highest BCUT2D eigenvalue weighted by Gasteiger charge is 2.19. The molecule has 0 radical (unpaired) electrons. The topological polar surface area (TPSA) is 88.5 Å². The van der Waals surface area contributed by atoms with Gasteiger partial charge in [-0.1, -0.05) is 58.9 Å². The van der Waals surface area contributed by atoms with Crippen LogP contribution in [0.4, 0.5) is 0 Å². The third kappa shape index (κ3) is 7.07. The van der Waals surface area contributed by atoms with Gasteiger partial charge >= 0.3 is 5.97 Å². The number of nitrogens with one attached hydrogen (secondary N) is 1. The lowest BCUT2D eigenvalue weighted by molar-refractivity contribution is -0.137. The van der Waals surface area contributed by atoms with Crippen molar-refractivity contribution in [3.8, 4) is 11.6 Å². The monoisotopic (exact) mass is 396 g/mol. The van der Waals surface area contributed by atoms with Crippen molar-refractivity contribution in [1.29, 1.82) is 0 Å². The average molecular weight is 396 g/mol. The molecule has 1 amide bonds. The van der Waals surface area contributed by atoms with E-state index in [1.165, 1.54) is 30.0 Å². The first kappa shape index (κ1) is 22.1. The van der Waals surface area contributed by atoms with Gasteiger partial charge in [0.15, 0.2) is 0 Å². The summed E-state index contributed by atoms with van der Waals surface area (Å²) in [4.78, 5) is 28.1. The number of amides is 1. The number of aromatic nitrogens is 1. The molecule has 0 aliphatic heterocycles. The molecule has 6 nitrogen and oxygen atoms in total. The Morgan fingerprint density at radius 1 is 1.14 bits per heavy atom. The first-order valence-electron chi connectivity index (χ1n) is 9.52. The highest BCUT2D eigenvalue weighted by Crippen LogP contribution is 2.23. The number of pyridine rings is 1. The van der Waals surface area contributed by atoms with E-state index in [0.29, 0.717) is 11.7 Å². The first-order chi connectivity index (χ1) is 13.5. The van der Waals surface area contributed by atoms with Crippen LogP contribution in [0.25, 0.3) is 0 Å². The Labute approximate surface area is 171 Å². The summed E-state index contributed by atoms with van der Waals surface area (Å²) >= 11 is 0. The van der Waals surface area contributed by atoms with Crippen molar-refractivity contribution < 1.29 is 19.4 Å². The molecule has 29 heavy (non-hydrogen) atoms. The van der Waals surface area contributed by atoms with E-state index >= 15 is 0 Å². The van der Waals surface area contributed by atoms with E-state index in [4.69, 9.17) is 4.74 Å². The van der Waals surface area contributed by atoms with Crippen LogP contribution >= 0.6 is 0 Å². The zero-order valence-corrected chi connectivity index (χ0v) is 17.5. The fourth-order valence-corrected chi connectivity index (χ4v) is 2.45. The number of aliphatic carboxylic acids is 1. The second kappa shape index (κ2) is 9.37.